The molecule has 172 valence electrons. The van der Waals surface area contributed by atoms with Gasteiger partial charge in [0.05, 0.1) is 0 Å². The molecule has 7 heteroatoms. The van der Waals surface area contributed by atoms with E-state index in [9.17, 15) is 0 Å². The van der Waals surface area contributed by atoms with E-state index in [0.29, 0.717) is 5.82 Å². The topological polar surface area (TPSA) is 85.2 Å². The standard InChI is InChI=1S/C8H7N3.C7H6N4.C7H8.2C2H6/c1-2-4-8(5-3-1)11-6-9-10-7-11;1-2-4-6(5-3-1)7-8-10-11-9-7;1-7-5-3-2-4-6-7;2*1-2/h1-7H;1-5H,(H,8,9,10,11);2-6H,1H3;2*1-2H3. The van der Waals surface area contributed by atoms with E-state index in [-0.39, 0.29) is 0 Å². The lowest BCUT2D eigenvalue weighted by atomic mass is 10.2. The minimum absolute atomic E-state index is 0.630. The highest BCUT2D eigenvalue weighted by Crippen LogP contribution is 2.10. The van der Waals surface area contributed by atoms with Crippen LogP contribution in [0.15, 0.2) is 104 Å². The fourth-order valence-corrected chi connectivity index (χ4v) is 2.34. The molecule has 5 rings (SSSR count). The van der Waals surface area contributed by atoms with Crippen LogP contribution in [0.4, 0.5) is 0 Å². The Balaban J connectivity index is 0.000000235. The van der Waals surface area contributed by atoms with Crippen molar-refractivity contribution in [3.05, 3.63) is 109 Å². The van der Waals surface area contributed by atoms with E-state index in [1.54, 1.807) is 12.7 Å². The summed E-state index contributed by atoms with van der Waals surface area (Å²) in [6.45, 7) is 10.1. The van der Waals surface area contributed by atoms with Crippen molar-refractivity contribution in [3.8, 4) is 17.1 Å². The van der Waals surface area contributed by atoms with Crippen LogP contribution in [-0.4, -0.2) is 35.4 Å². The first kappa shape index (κ1) is 26.9. The molecule has 33 heavy (non-hydrogen) atoms. The van der Waals surface area contributed by atoms with Gasteiger partial charge < -0.3 is 0 Å². The summed E-state index contributed by atoms with van der Waals surface area (Å²) in [4.78, 5) is 0. The molecule has 0 amide bonds. The van der Waals surface area contributed by atoms with Crippen LogP contribution in [0.2, 0.25) is 0 Å². The maximum Gasteiger partial charge on any atom is 0.204 e. The number of aromatic amines is 1. The third-order valence-electron chi connectivity index (χ3n) is 3.79. The lowest BCUT2D eigenvalue weighted by Crippen LogP contribution is -1.87. The van der Waals surface area contributed by atoms with Gasteiger partial charge in [0.1, 0.15) is 12.7 Å². The Labute approximate surface area is 196 Å². The van der Waals surface area contributed by atoms with Crippen molar-refractivity contribution < 1.29 is 0 Å². The Morgan fingerprint density at radius 2 is 1.12 bits per heavy atom. The van der Waals surface area contributed by atoms with Crippen LogP contribution in [0.3, 0.4) is 0 Å². The molecule has 0 atom stereocenters. The van der Waals surface area contributed by atoms with E-state index in [0.717, 1.165) is 11.3 Å². The second-order valence-electron chi connectivity index (χ2n) is 5.96. The molecule has 2 aromatic heterocycles. The Morgan fingerprint density at radius 1 is 0.636 bits per heavy atom. The van der Waals surface area contributed by atoms with Crippen LogP contribution < -0.4 is 0 Å². The molecule has 5 aromatic rings. The minimum atomic E-state index is 0.630. The van der Waals surface area contributed by atoms with Crippen LogP contribution in [-0.2, 0) is 0 Å². The van der Waals surface area contributed by atoms with Crippen molar-refractivity contribution in [1.29, 1.82) is 0 Å². The summed E-state index contributed by atoms with van der Waals surface area (Å²) >= 11 is 0. The summed E-state index contributed by atoms with van der Waals surface area (Å²) in [6, 6.07) is 29.9. The molecule has 1 N–H and O–H groups in total. The summed E-state index contributed by atoms with van der Waals surface area (Å²) in [6.07, 6.45) is 3.35. The summed E-state index contributed by atoms with van der Waals surface area (Å²) in [7, 11) is 0. The number of aryl methyl sites for hydroxylation is 1. The van der Waals surface area contributed by atoms with Gasteiger partial charge in [0, 0.05) is 11.3 Å². The van der Waals surface area contributed by atoms with Gasteiger partial charge in [-0.15, -0.1) is 20.4 Å². The number of nitrogens with zero attached hydrogens (tertiary/aromatic N) is 6. The van der Waals surface area contributed by atoms with Crippen molar-refractivity contribution in [3.63, 3.8) is 0 Å². The molecule has 0 fully saturated rings. The van der Waals surface area contributed by atoms with Crippen LogP contribution in [0.25, 0.3) is 17.1 Å². The van der Waals surface area contributed by atoms with Gasteiger partial charge >= 0.3 is 0 Å². The number of aromatic nitrogens is 7. The Bertz CT molecular complexity index is 962. The summed E-state index contributed by atoms with van der Waals surface area (Å²) in [5, 5.41) is 21.0. The molecule has 0 spiro atoms. The zero-order valence-electron chi connectivity index (χ0n) is 20.0. The van der Waals surface area contributed by atoms with Crippen molar-refractivity contribution in [2.45, 2.75) is 34.6 Å². The first-order valence-corrected chi connectivity index (χ1v) is 11.0. The summed E-state index contributed by atoms with van der Waals surface area (Å²) < 4.78 is 1.86. The number of hydrogen-bond acceptors (Lipinski definition) is 5. The maximum atomic E-state index is 3.84. The monoisotopic (exact) mass is 443 g/mol. The second kappa shape index (κ2) is 17.5. The van der Waals surface area contributed by atoms with E-state index in [1.165, 1.54) is 5.56 Å². The Kier molecular flexibility index (Phi) is 14.3. The van der Waals surface area contributed by atoms with Gasteiger partial charge in [0.2, 0.25) is 5.82 Å². The van der Waals surface area contributed by atoms with E-state index >= 15 is 0 Å². The molecule has 0 radical (unpaired) electrons. The van der Waals surface area contributed by atoms with Crippen LogP contribution in [0.5, 0.6) is 0 Å². The third-order valence-corrected chi connectivity index (χ3v) is 3.79. The van der Waals surface area contributed by atoms with E-state index in [2.05, 4.69) is 49.9 Å². The van der Waals surface area contributed by atoms with Gasteiger partial charge in [-0.1, -0.05) is 112 Å². The molecule has 0 saturated heterocycles. The largest absolute Gasteiger partial charge is 0.288 e. The number of hydrogen-bond donors (Lipinski definition) is 1. The molecule has 7 nitrogen and oxygen atoms in total. The first-order chi connectivity index (χ1) is 16.3. The molecule has 0 saturated carbocycles. The zero-order valence-corrected chi connectivity index (χ0v) is 20.0. The molecular formula is C26H33N7. The Hall–Kier alpha value is -4.13. The van der Waals surface area contributed by atoms with Gasteiger partial charge in [0.25, 0.3) is 0 Å². The molecule has 0 aliphatic carbocycles. The predicted octanol–water partition coefficient (Wildman–Crippen LogP) is 6.18. The zero-order chi connectivity index (χ0) is 24.2. The minimum Gasteiger partial charge on any atom is -0.288 e. The van der Waals surface area contributed by atoms with Crippen molar-refractivity contribution in [2.75, 3.05) is 0 Å². The first-order valence-electron chi connectivity index (χ1n) is 11.0. The lowest BCUT2D eigenvalue weighted by Gasteiger charge is -1.97. The van der Waals surface area contributed by atoms with Crippen LogP contribution >= 0.6 is 0 Å². The number of rotatable bonds is 2. The quantitative estimate of drug-likeness (QED) is 0.352. The number of benzene rings is 3. The smallest absolute Gasteiger partial charge is 0.204 e. The molecular weight excluding hydrogens is 410 g/mol. The van der Waals surface area contributed by atoms with E-state index in [1.807, 2.05) is 111 Å². The van der Waals surface area contributed by atoms with E-state index < -0.39 is 0 Å². The summed E-state index contributed by atoms with van der Waals surface area (Å²) in [5.74, 6) is 0.630. The van der Waals surface area contributed by atoms with Crippen LogP contribution in [0, 0.1) is 6.92 Å². The highest BCUT2D eigenvalue weighted by Gasteiger charge is 1.98. The molecule has 0 unspecified atom stereocenters. The average Bonchev–Trinajstić information content (AvgIpc) is 3.64. The fourth-order valence-electron chi connectivity index (χ4n) is 2.34. The Morgan fingerprint density at radius 3 is 1.55 bits per heavy atom. The molecule has 0 bridgehead atoms. The highest BCUT2D eigenvalue weighted by atomic mass is 15.5. The number of tetrazole rings is 1. The predicted molar refractivity (Wildman–Crippen MR) is 135 cm³/mol. The average molecular weight is 444 g/mol. The van der Waals surface area contributed by atoms with Crippen molar-refractivity contribution in [2.24, 2.45) is 0 Å². The van der Waals surface area contributed by atoms with Gasteiger partial charge in [-0.05, 0) is 24.3 Å². The van der Waals surface area contributed by atoms with E-state index in [4.69, 9.17) is 0 Å². The number of para-hydroxylation sites is 1. The van der Waals surface area contributed by atoms with Gasteiger partial charge in [0.15, 0.2) is 0 Å². The molecule has 2 heterocycles. The summed E-state index contributed by atoms with van der Waals surface area (Å²) in [5.41, 5.74) is 3.38. The van der Waals surface area contributed by atoms with Crippen molar-refractivity contribution in [1.82, 2.24) is 35.4 Å². The third kappa shape index (κ3) is 10.6. The molecule has 3 aromatic carbocycles. The van der Waals surface area contributed by atoms with Gasteiger partial charge in [-0.3, -0.25) is 4.57 Å². The lowest BCUT2D eigenvalue weighted by molar-refractivity contribution is 0.881. The molecule has 0 aliphatic rings. The van der Waals surface area contributed by atoms with Gasteiger partial charge in [-0.25, -0.2) is 0 Å². The normalized spacial score (nSPS) is 8.76. The fraction of sp³-hybridized carbons (Fsp3) is 0.192. The number of H-pyrrole nitrogens is 1. The second-order valence-corrected chi connectivity index (χ2v) is 5.96. The number of nitrogens with one attached hydrogen (secondary N) is 1. The van der Waals surface area contributed by atoms with Crippen molar-refractivity contribution >= 4 is 0 Å². The molecule has 0 aliphatic heterocycles. The van der Waals surface area contributed by atoms with Crippen LogP contribution in [0.1, 0.15) is 33.3 Å². The SMILES string of the molecule is CC.CC.Cc1ccccc1.c1ccc(-c2nn[nH]n2)cc1.c1ccc(-n2cnnc2)cc1. The van der Waals surface area contributed by atoms with Gasteiger partial charge in [-0.2, -0.15) is 5.21 Å². The maximum absolute atomic E-state index is 3.84. The highest BCUT2D eigenvalue weighted by molar-refractivity contribution is 5.52.